The lowest BCUT2D eigenvalue weighted by atomic mass is 10.0. The molecule has 0 aliphatic heterocycles. The topological polar surface area (TPSA) is 65.5 Å². The Morgan fingerprint density at radius 3 is 2.67 bits per heavy atom. The number of hydrogen-bond donors (Lipinski definition) is 2. The lowest BCUT2D eigenvalue weighted by molar-refractivity contribution is -0.121. The van der Waals surface area contributed by atoms with Gasteiger partial charge in [-0.15, -0.1) is 0 Å². The SMILES string of the molecule is CC(C)C(=O)N(C)c1cnc(NCCO)cc1-c1ccccc1Cl. The monoisotopic (exact) mass is 347 g/mol. The Balaban J connectivity index is 2.54. The molecule has 0 saturated heterocycles. The van der Waals surface area contributed by atoms with E-state index in [2.05, 4.69) is 10.3 Å². The summed E-state index contributed by atoms with van der Waals surface area (Å²) >= 11 is 6.35. The summed E-state index contributed by atoms with van der Waals surface area (Å²) in [5.74, 6) is 0.496. The third kappa shape index (κ3) is 4.04. The van der Waals surface area contributed by atoms with Gasteiger partial charge in [0, 0.05) is 35.7 Å². The van der Waals surface area contributed by atoms with Crippen molar-refractivity contribution in [3.8, 4) is 11.1 Å². The molecule has 1 amide bonds. The number of benzene rings is 1. The molecule has 1 aromatic carbocycles. The van der Waals surface area contributed by atoms with Gasteiger partial charge in [-0.2, -0.15) is 0 Å². The van der Waals surface area contributed by atoms with Crippen LogP contribution in [0.3, 0.4) is 0 Å². The molecule has 0 fully saturated rings. The Hall–Kier alpha value is -2.11. The molecule has 0 spiro atoms. The quantitative estimate of drug-likeness (QED) is 0.840. The Labute approximate surface area is 147 Å². The normalized spacial score (nSPS) is 10.8. The smallest absolute Gasteiger partial charge is 0.229 e. The van der Waals surface area contributed by atoms with Gasteiger partial charge in [0.15, 0.2) is 0 Å². The summed E-state index contributed by atoms with van der Waals surface area (Å²) in [5, 5.41) is 12.6. The molecule has 1 aromatic heterocycles. The Morgan fingerprint density at radius 1 is 1.33 bits per heavy atom. The van der Waals surface area contributed by atoms with E-state index in [0.29, 0.717) is 23.1 Å². The van der Waals surface area contributed by atoms with E-state index in [9.17, 15) is 4.79 Å². The summed E-state index contributed by atoms with van der Waals surface area (Å²) in [6.45, 7) is 4.13. The number of amides is 1. The number of rotatable bonds is 6. The predicted octanol–water partition coefficient (Wildman–Crippen LogP) is 3.43. The molecule has 0 aliphatic carbocycles. The second kappa shape index (κ2) is 8.13. The van der Waals surface area contributed by atoms with E-state index in [4.69, 9.17) is 16.7 Å². The summed E-state index contributed by atoms with van der Waals surface area (Å²) in [6.07, 6.45) is 1.65. The number of anilines is 2. The molecule has 0 bridgehead atoms. The van der Waals surface area contributed by atoms with Gasteiger partial charge in [0.2, 0.25) is 5.91 Å². The molecule has 0 radical (unpaired) electrons. The largest absolute Gasteiger partial charge is 0.395 e. The molecule has 0 saturated carbocycles. The number of aromatic nitrogens is 1. The molecular weight excluding hydrogens is 326 g/mol. The van der Waals surface area contributed by atoms with Crippen LogP contribution in [-0.4, -0.2) is 36.2 Å². The molecule has 2 rings (SSSR count). The van der Waals surface area contributed by atoms with Crippen LogP contribution >= 0.6 is 11.6 Å². The summed E-state index contributed by atoms with van der Waals surface area (Å²) in [4.78, 5) is 18.3. The third-order valence-electron chi connectivity index (χ3n) is 3.65. The standard InChI is InChI=1S/C18H22ClN3O2/c1-12(2)18(24)22(3)16-11-21-17(20-8-9-23)10-14(16)13-6-4-5-7-15(13)19/h4-7,10-12,23H,8-9H2,1-3H3,(H,20,21). The number of nitrogens with one attached hydrogen (secondary N) is 1. The molecule has 2 N–H and O–H groups in total. The zero-order valence-corrected chi connectivity index (χ0v) is 14.8. The Morgan fingerprint density at radius 2 is 2.04 bits per heavy atom. The number of carbonyl (C=O) groups is 1. The third-order valence-corrected chi connectivity index (χ3v) is 3.98. The minimum Gasteiger partial charge on any atom is -0.395 e. The van der Waals surface area contributed by atoms with Crippen molar-refractivity contribution in [1.29, 1.82) is 0 Å². The minimum absolute atomic E-state index is 0.00108. The van der Waals surface area contributed by atoms with E-state index in [-0.39, 0.29) is 18.4 Å². The zero-order chi connectivity index (χ0) is 17.7. The van der Waals surface area contributed by atoms with Gasteiger partial charge in [-0.25, -0.2) is 4.98 Å². The fourth-order valence-electron chi connectivity index (χ4n) is 2.40. The van der Waals surface area contributed by atoms with Gasteiger partial charge >= 0.3 is 0 Å². The molecule has 24 heavy (non-hydrogen) atoms. The van der Waals surface area contributed by atoms with Crippen LogP contribution in [0.25, 0.3) is 11.1 Å². The highest BCUT2D eigenvalue weighted by Crippen LogP contribution is 2.36. The highest BCUT2D eigenvalue weighted by Gasteiger charge is 2.20. The minimum atomic E-state index is -0.124. The Kier molecular flexibility index (Phi) is 6.17. The molecule has 6 heteroatoms. The number of halogens is 1. The van der Waals surface area contributed by atoms with Crippen molar-refractivity contribution in [1.82, 2.24) is 4.98 Å². The van der Waals surface area contributed by atoms with Crippen LogP contribution in [0.2, 0.25) is 5.02 Å². The lowest BCUT2D eigenvalue weighted by Crippen LogP contribution is -2.30. The number of nitrogens with zero attached hydrogens (tertiary/aromatic N) is 2. The van der Waals surface area contributed by atoms with Crippen molar-refractivity contribution in [2.24, 2.45) is 5.92 Å². The first-order valence-corrected chi connectivity index (χ1v) is 8.20. The number of pyridine rings is 1. The van der Waals surface area contributed by atoms with Crippen LogP contribution in [0, 0.1) is 5.92 Å². The number of aliphatic hydroxyl groups excluding tert-OH is 1. The van der Waals surface area contributed by atoms with Crippen LogP contribution in [0.15, 0.2) is 36.5 Å². The van der Waals surface area contributed by atoms with E-state index < -0.39 is 0 Å². The van der Waals surface area contributed by atoms with Crippen molar-refractivity contribution < 1.29 is 9.90 Å². The molecule has 128 valence electrons. The van der Waals surface area contributed by atoms with Gasteiger partial charge in [-0.3, -0.25) is 4.79 Å². The molecule has 5 nitrogen and oxygen atoms in total. The highest BCUT2D eigenvalue weighted by atomic mass is 35.5. The zero-order valence-electron chi connectivity index (χ0n) is 14.1. The maximum absolute atomic E-state index is 12.4. The van der Waals surface area contributed by atoms with E-state index in [1.165, 1.54) is 0 Å². The molecular formula is C18H22ClN3O2. The van der Waals surface area contributed by atoms with Crippen LogP contribution < -0.4 is 10.2 Å². The van der Waals surface area contributed by atoms with E-state index in [1.54, 1.807) is 18.1 Å². The summed E-state index contributed by atoms with van der Waals surface area (Å²) < 4.78 is 0. The molecule has 0 aliphatic rings. The number of aliphatic hydroxyl groups is 1. The summed E-state index contributed by atoms with van der Waals surface area (Å²) in [7, 11) is 1.74. The van der Waals surface area contributed by atoms with Gasteiger partial charge in [0.1, 0.15) is 5.82 Å². The van der Waals surface area contributed by atoms with E-state index in [0.717, 1.165) is 11.1 Å². The predicted molar refractivity (Wildman–Crippen MR) is 98.5 cm³/mol. The molecule has 2 aromatic rings. The van der Waals surface area contributed by atoms with Crippen LogP contribution in [0.5, 0.6) is 0 Å². The lowest BCUT2D eigenvalue weighted by Gasteiger charge is -2.23. The van der Waals surface area contributed by atoms with Gasteiger partial charge in [0.25, 0.3) is 0 Å². The van der Waals surface area contributed by atoms with Crippen LogP contribution in [0.1, 0.15) is 13.8 Å². The highest BCUT2D eigenvalue weighted by molar-refractivity contribution is 6.33. The first-order chi connectivity index (χ1) is 11.5. The van der Waals surface area contributed by atoms with Crippen molar-refractivity contribution in [2.45, 2.75) is 13.8 Å². The van der Waals surface area contributed by atoms with Gasteiger partial charge in [0.05, 0.1) is 18.5 Å². The number of carbonyl (C=O) groups excluding carboxylic acids is 1. The van der Waals surface area contributed by atoms with Crippen LogP contribution in [0.4, 0.5) is 11.5 Å². The van der Waals surface area contributed by atoms with Crippen LogP contribution in [-0.2, 0) is 4.79 Å². The van der Waals surface area contributed by atoms with Gasteiger partial charge in [-0.1, -0.05) is 43.6 Å². The Bertz CT molecular complexity index is 719. The summed E-state index contributed by atoms with van der Waals surface area (Å²) in [6, 6.07) is 9.32. The van der Waals surface area contributed by atoms with E-state index >= 15 is 0 Å². The fraction of sp³-hybridized carbons (Fsp3) is 0.333. The average molecular weight is 348 g/mol. The maximum Gasteiger partial charge on any atom is 0.229 e. The van der Waals surface area contributed by atoms with E-state index in [1.807, 2.05) is 44.2 Å². The van der Waals surface area contributed by atoms with Gasteiger partial charge < -0.3 is 15.3 Å². The second-order valence-electron chi connectivity index (χ2n) is 5.77. The van der Waals surface area contributed by atoms with Gasteiger partial charge in [-0.05, 0) is 12.1 Å². The molecule has 0 unspecified atom stereocenters. The molecule has 0 atom stereocenters. The fourth-order valence-corrected chi connectivity index (χ4v) is 2.63. The van der Waals surface area contributed by atoms with Crippen molar-refractivity contribution in [3.63, 3.8) is 0 Å². The second-order valence-corrected chi connectivity index (χ2v) is 6.18. The van der Waals surface area contributed by atoms with Crippen molar-refractivity contribution in [3.05, 3.63) is 41.6 Å². The van der Waals surface area contributed by atoms with Crippen molar-refractivity contribution in [2.75, 3.05) is 30.4 Å². The number of hydrogen-bond acceptors (Lipinski definition) is 4. The first-order valence-electron chi connectivity index (χ1n) is 7.83. The molecule has 1 heterocycles. The summed E-state index contributed by atoms with van der Waals surface area (Å²) in [5.41, 5.74) is 2.33. The maximum atomic E-state index is 12.4. The average Bonchev–Trinajstić information content (AvgIpc) is 2.58. The van der Waals surface area contributed by atoms with Crippen molar-refractivity contribution >= 4 is 29.0 Å². The first kappa shape index (κ1) is 18.2.